The summed E-state index contributed by atoms with van der Waals surface area (Å²) < 4.78 is 34.8. The second kappa shape index (κ2) is 13.8. The van der Waals surface area contributed by atoms with Crippen molar-refractivity contribution < 1.29 is 28.4 Å². The van der Waals surface area contributed by atoms with Gasteiger partial charge >= 0.3 is 0 Å². The molecule has 0 aliphatic rings. The van der Waals surface area contributed by atoms with Gasteiger partial charge in [-0.25, -0.2) is 0 Å². The van der Waals surface area contributed by atoms with E-state index < -0.39 is 0 Å². The Morgan fingerprint density at radius 1 is 0.513 bits per heavy atom. The Balaban J connectivity index is 1.51. The molecule has 0 saturated heterocycles. The van der Waals surface area contributed by atoms with Crippen molar-refractivity contribution in [2.24, 2.45) is 0 Å². The van der Waals surface area contributed by atoms with E-state index in [0.29, 0.717) is 54.1 Å². The first kappa shape index (κ1) is 27.5. The zero-order valence-corrected chi connectivity index (χ0v) is 22.8. The van der Waals surface area contributed by atoms with Crippen LogP contribution in [-0.2, 0) is 19.6 Å². The Bertz CT molecular complexity index is 1370. The van der Waals surface area contributed by atoms with Gasteiger partial charge in [-0.15, -0.1) is 0 Å². The Morgan fingerprint density at radius 2 is 1.10 bits per heavy atom. The fourth-order valence-corrected chi connectivity index (χ4v) is 4.18. The maximum atomic E-state index is 6.08. The van der Waals surface area contributed by atoms with Crippen LogP contribution in [0, 0.1) is 0 Å². The van der Waals surface area contributed by atoms with Crippen molar-refractivity contribution in [2.75, 3.05) is 28.4 Å². The van der Waals surface area contributed by atoms with E-state index in [2.05, 4.69) is 0 Å². The van der Waals surface area contributed by atoms with Crippen LogP contribution in [0.5, 0.6) is 34.5 Å². The van der Waals surface area contributed by atoms with Gasteiger partial charge in [-0.3, -0.25) is 0 Å². The van der Waals surface area contributed by atoms with Crippen LogP contribution in [0.3, 0.4) is 0 Å². The van der Waals surface area contributed by atoms with Crippen LogP contribution in [0.25, 0.3) is 6.08 Å². The quantitative estimate of drug-likeness (QED) is 0.185. The molecule has 6 nitrogen and oxygen atoms in total. The molecule has 0 atom stereocenters. The third-order valence-corrected chi connectivity index (χ3v) is 6.17. The molecule has 6 heteroatoms. The number of ether oxygens (including phenoxy) is 6. The summed E-state index contributed by atoms with van der Waals surface area (Å²) in [6.07, 6.45) is 4.67. The summed E-state index contributed by atoms with van der Waals surface area (Å²) in [5, 5.41) is 0. The average molecular weight is 527 g/mol. The highest BCUT2D eigenvalue weighted by Gasteiger charge is 2.20. The van der Waals surface area contributed by atoms with Gasteiger partial charge in [0.15, 0.2) is 23.0 Å². The van der Waals surface area contributed by atoms with Crippen LogP contribution in [-0.4, -0.2) is 28.4 Å². The van der Waals surface area contributed by atoms with E-state index in [1.165, 1.54) is 0 Å². The first-order chi connectivity index (χ1) is 19.2. The molecule has 39 heavy (non-hydrogen) atoms. The van der Waals surface area contributed by atoms with E-state index in [4.69, 9.17) is 28.4 Å². The summed E-state index contributed by atoms with van der Waals surface area (Å²) in [6.45, 7) is 0.870. The topological polar surface area (TPSA) is 55.4 Å². The third kappa shape index (κ3) is 7.05. The number of benzene rings is 4. The Kier molecular flexibility index (Phi) is 9.73. The maximum Gasteiger partial charge on any atom is 0.204 e. The lowest BCUT2D eigenvalue weighted by Crippen LogP contribution is -2.02. The average Bonchev–Trinajstić information content (AvgIpc) is 2.99. The standard InChI is InChI=1S/C33H34O6/c1-34-29-21-31(39-23-26-14-9-6-10-15-26)33(37-4)32(36-3)27(29)17-11-16-24-18-19-28(30(20-24)35-2)38-22-25-12-7-5-8-13-25/h5-15,17-21H,16,22-23H2,1-4H3/b17-11+. The number of allylic oxidation sites excluding steroid dienone is 1. The molecular weight excluding hydrogens is 492 g/mol. The number of methoxy groups -OCH3 is 4. The van der Waals surface area contributed by atoms with E-state index in [1.807, 2.05) is 97.1 Å². The predicted molar refractivity (Wildman–Crippen MR) is 153 cm³/mol. The zero-order chi connectivity index (χ0) is 27.5. The molecule has 202 valence electrons. The van der Waals surface area contributed by atoms with Crippen molar-refractivity contribution in [2.45, 2.75) is 19.6 Å². The molecule has 0 amide bonds. The van der Waals surface area contributed by atoms with Gasteiger partial charge in [0.25, 0.3) is 0 Å². The Hall–Kier alpha value is -4.58. The molecule has 0 spiro atoms. The van der Waals surface area contributed by atoms with Crippen molar-refractivity contribution in [1.82, 2.24) is 0 Å². The van der Waals surface area contributed by atoms with E-state index >= 15 is 0 Å². The summed E-state index contributed by atoms with van der Waals surface area (Å²) >= 11 is 0. The maximum absolute atomic E-state index is 6.08. The lowest BCUT2D eigenvalue weighted by Gasteiger charge is -2.18. The van der Waals surface area contributed by atoms with Gasteiger partial charge in [0.05, 0.1) is 34.0 Å². The van der Waals surface area contributed by atoms with Crippen molar-refractivity contribution >= 4 is 6.08 Å². The second-order valence-electron chi connectivity index (χ2n) is 8.70. The summed E-state index contributed by atoms with van der Waals surface area (Å²) in [4.78, 5) is 0. The number of hydrogen-bond donors (Lipinski definition) is 0. The van der Waals surface area contributed by atoms with E-state index in [9.17, 15) is 0 Å². The van der Waals surface area contributed by atoms with Crippen LogP contribution in [0.15, 0.2) is 91.0 Å². The normalized spacial score (nSPS) is 10.8. The summed E-state index contributed by atoms with van der Waals surface area (Å²) in [7, 11) is 6.47. The first-order valence-corrected chi connectivity index (χ1v) is 12.7. The molecular formula is C33H34O6. The summed E-state index contributed by atoms with van der Waals surface area (Å²) in [6, 6.07) is 27.8. The van der Waals surface area contributed by atoms with Crippen LogP contribution < -0.4 is 28.4 Å². The first-order valence-electron chi connectivity index (χ1n) is 12.7. The van der Waals surface area contributed by atoms with E-state index in [1.54, 1.807) is 28.4 Å². The fourth-order valence-electron chi connectivity index (χ4n) is 4.18. The monoisotopic (exact) mass is 526 g/mol. The molecule has 4 aromatic rings. The van der Waals surface area contributed by atoms with E-state index in [0.717, 1.165) is 22.3 Å². The molecule has 0 heterocycles. The minimum absolute atomic E-state index is 0.394. The van der Waals surface area contributed by atoms with Crippen molar-refractivity contribution in [3.8, 4) is 34.5 Å². The molecule has 4 rings (SSSR count). The van der Waals surface area contributed by atoms with Gasteiger partial charge in [-0.05, 0) is 35.2 Å². The predicted octanol–water partition coefficient (Wildman–Crippen LogP) is 7.13. The molecule has 0 saturated carbocycles. The SMILES string of the molecule is COc1cc(C/C=C/c2c(OC)cc(OCc3ccccc3)c(OC)c2OC)ccc1OCc1ccccc1. The van der Waals surface area contributed by atoms with Gasteiger partial charge in [0.1, 0.15) is 19.0 Å². The highest BCUT2D eigenvalue weighted by molar-refractivity contribution is 5.72. The number of rotatable bonds is 13. The second-order valence-corrected chi connectivity index (χ2v) is 8.70. The molecule has 0 aliphatic carbocycles. The number of hydrogen-bond acceptors (Lipinski definition) is 6. The molecule has 0 radical (unpaired) electrons. The minimum Gasteiger partial charge on any atom is -0.496 e. The molecule has 0 unspecified atom stereocenters. The Labute approximate surface area is 230 Å². The highest BCUT2D eigenvalue weighted by atomic mass is 16.5. The molecule has 0 bridgehead atoms. The van der Waals surface area contributed by atoms with Crippen molar-refractivity contribution in [3.05, 3.63) is 113 Å². The zero-order valence-electron chi connectivity index (χ0n) is 22.8. The van der Waals surface area contributed by atoms with Gasteiger partial charge in [-0.1, -0.05) is 78.9 Å². The van der Waals surface area contributed by atoms with Gasteiger partial charge in [-0.2, -0.15) is 0 Å². The fraction of sp³-hybridized carbons (Fsp3) is 0.212. The minimum atomic E-state index is 0.394. The van der Waals surface area contributed by atoms with E-state index in [-0.39, 0.29) is 0 Å². The van der Waals surface area contributed by atoms with Crippen LogP contribution in [0.2, 0.25) is 0 Å². The third-order valence-electron chi connectivity index (χ3n) is 6.17. The largest absolute Gasteiger partial charge is 0.496 e. The smallest absolute Gasteiger partial charge is 0.204 e. The Morgan fingerprint density at radius 3 is 1.67 bits per heavy atom. The van der Waals surface area contributed by atoms with Crippen LogP contribution >= 0.6 is 0 Å². The highest BCUT2D eigenvalue weighted by Crippen LogP contribution is 2.46. The van der Waals surface area contributed by atoms with Gasteiger partial charge in [0, 0.05) is 6.07 Å². The molecule has 0 fully saturated rings. The molecule has 0 N–H and O–H groups in total. The van der Waals surface area contributed by atoms with Crippen molar-refractivity contribution in [1.29, 1.82) is 0 Å². The van der Waals surface area contributed by atoms with Crippen molar-refractivity contribution in [3.63, 3.8) is 0 Å². The molecule has 0 aliphatic heterocycles. The van der Waals surface area contributed by atoms with Gasteiger partial charge in [0.2, 0.25) is 5.75 Å². The summed E-state index contributed by atoms with van der Waals surface area (Å²) in [5.41, 5.74) is 3.98. The molecule has 0 aromatic heterocycles. The summed E-state index contributed by atoms with van der Waals surface area (Å²) in [5.74, 6) is 3.60. The molecule has 4 aromatic carbocycles. The van der Waals surface area contributed by atoms with Gasteiger partial charge < -0.3 is 28.4 Å². The van der Waals surface area contributed by atoms with Crippen LogP contribution in [0.1, 0.15) is 22.3 Å². The van der Waals surface area contributed by atoms with Crippen LogP contribution in [0.4, 0.5) is 0 Å². The lowest BCUT2D eigenvalue weighted by atomic mass is 10.1. The lowest BCUT2D eigenvalue weighted by molar-refractivity contribution is 0.272.